The van der Waals surface area contributed by atoms with Crippen molar-refractivity contribution in [2.24, 2.45) is 0 Å². The molecule has 0 aliphatic rings. The van der Waals surface area contributed by atoms with Gasteiger partial charge in [0.15, 0.2) is 0 Å². The zero-order chi connectivity index (χ0) is 28.6. The van der Waals surface area contributed by atoms with Crippen LogP contribution in [0.3, 0.4) is 0 Å². The molecule has 0 amide bonds. The number of hydrogen-bond acceptors (Lipinski definition) is 9. The van der Waals surface area contributed by atoms with Crippen LogP contribution in [-0.4, -0.2) is 65.7 Å². The maximum Gasteiger partial charge on any atom is 0.698 e. The lowest BCUT2D eigenvalue weighted by molar-refractivity contribution is -0.0980. The molecular weight excluding hydrogens is 480 g/mol. The van der Waals surface area contributed by atoms with Crippen molar-refractivity contribution in [3.8, 4) is 0 Å². The predicted octanol–water partition coefficient (Wildman–Crippen LogP) is 6.81. The van der Waals surface area contributed by atoms with E-state index in [1.165, 1.54) is 0 Å². The Labute approximate surface area is 210 Å². The van der Waals surface area contributed by atoms with Gasteiger partial charge in [-0.05, 0) is 103 Å². The van der Waals surface area contributed by atoms with Crippen molar-refractivity contribution in [1.82, 2.24) is 4.90 Å². The second-order valence-electron chi connectivity index (χ2n) is 11.3. The van der Waals surface area contributed by atoms with Gasteiger partial charge in [0.1, 0.15) is 24.3 Å². The summed E-state index contributed by atoms with van der Waals surface area (Å²) >= 11 is 0. The predicted molar refractivity (Wildman–Crippen MR) is 142 cm³/mol. The van der Waals surface area contributed by atoms with Gasteiger partial charge in [0.25, 0.3) is 0 Å². The second kappa shape index (κ2) is 18.1. The van der Waals surface area contributed by atoms with Crippen LogP contribution in [0.4, 0.5) is 0 Å². The van der Waals surface area contributed by atoms with Gasteiger partial charge in [-0.15, -0.1) is 9.05 Å². The lowest BCUT2D eigenvalue weighted by atomic mass is 10.2. The normalized spacial score (nSPS) is 12.5. The van der Waals surface area contributed by atoms with Crippen molar-refractivity contribution >= 4 is 22.6 Å². The first-order valence-corrected chi connectivity index (χ1v) is 14.2. The Morgan fingerprint density at radius 1 is 0.735 bits per heavy atom. The molecule has 0 aromatic carbocycles. The van der Waals surface area contributed by atoms with Crippen molar-refractivity contribution in [2.75, 3.05) is 26.5 Å². The van der Waals surface area contributed by atoms with Crippen molar-refractivity contribution in [3.63, 3.8) is 0 Å². The minimum absolute atomic E-state index is 0.418. The molecular formula is C23H54NO8P2+. The Kier molecular flexibility index (Phi) is 21.7. The third-order valence-electron chi connectivity index (χ3n) is 2.78. The highest BCUT2D eigenvalue weighted by Gasteiger charge is 2.35. The van der Waals surface area contributed by atoms with E-state index < -0.39 is 44.6 Å². The minimum atomic E-state index is -3.39. The molecule has 34 heavy (non-hydrogen) atoms. The molecule has 0 bridgehead atoms. The third-order valence-corrected chi connectivity index (χ3v) is 6.17. The van der Waals surface area contributed by atoms with E-state index >= 15 is 0 Å². The van der Waals surface area contributed by atoms with Crippen LogP contribution in [-0.2, 0) is 32.0 Å². The van der Waals surface area contributed by atoms with E-state index in [1.807, 2.05) is 48.3 Å². The molecule has 0 radical (unpaired) electrons. The van der Waals surface area contributed by atoms with Crippen LogP contribution >= 0.6 is 15.9 Å². The van der Waals surface area contributed by atoms with Gasteiger partial charge < -0.3 is 23.8 Å². The number of rotatable bonds is 7. The van der Waals surface area contributed by atoms with Gasteiger partial charge in [-0.25, -0.2) is 0 Å². The highest BCUT2D eigenvalue weighted by atomic mass is 31.2. The lowest BCUT2D eigenvalue weighted by Crippen LogP contribution is -2.24. The Hall–Kier alpha value is -0.240. The van der Waals surface area contributed by atoms with Crippen LogP contribution < -0.4 is 0 Å². The summed E-state index contributed by atoms with van der Waals surface area (Å²) in [6, 6.07) is 0. The number of aliphatic hydroxyl groups excluding tert-OH is 1. The lowest BCUT2D eigenvalue weighted by Gasteiger charge is -2.30. The molecule has 0 fully saturated rings. The molecule has 0 aromatic heterocycles. The summed E-state index contributed by atoms with van der Waals surface area (Å²) < 4.78 is 43.8. The van der Waals surface area contributed by atoms with Crippen molar-refractivity contribution in [2.45, 2.75) is 119 Å². The maximum absolute atomic E-state index is 11.9. The summed E-state index contributed by atoms with van der Waals surface area (Å²) in [5, 5.41) is 9.00. The molecule has 0 aliphatic carbocycles. The van der Waals surface area contributed by atoms with E-state index in [2.05, 4.69) is 25.8 Å². The van der Waals surface area contributed by atoms with Crippen molar-refractivity contribution in [1.29, 1.82) is 0 Å². The summed E-state index contributed by atoms with van der Waals surface area (Å²) in [5.41, 5.74) is -2.02. The van der Waals surface area contributed by atoms with E-state index in [-0.39, 0.29) is 0 Å². The molecule has 0 atom stereocenters. The third kappa shape index (κ3) is 36.3. The smallest absolute Gasteiger partial charge is 0.384 e. The molecule has 0 spiro atoms. The number of aliphatic hydroxyl groups is 1. The monoisotopic (exact) mass is 534 g/mol. The Morgan fingerprint density at radius 2 is 1.00 bits per heavy atom. The zero-order valence-electron chi connectivity index (χ0n) is 24.5. The zero-order valence-corrected chi connectivity index (χ0v) is 26.3. The summed E-state index contributed by atoms with van der Waals surface area (Å²) in [7, 11) is -3.28. The van der Waals surface area contributed by atoms with E-state index in [0.717, 1.165) is 13.1 Å². The van der Waals surface area contributed by atoms with E-state index in [9.17, 15) is 9.13 Å². The Balaban J connectivity index is -0.000000204. The van der Waals surface area contributed by atoms with Gasteiger partial charge >= 0.3 is 15.9 Å². The first kappa shape index (κ1) is 40.9. The Bertz CT molecular complexity index is 531. The molecule has 208 valence electrons. The van der Waals surface area contributed by atoms with Gasteiger partial charge in [0.2, 0.25) is 0 Å². The molecule has 0 saturated heterocycles. The average Bonchev–Trinajstić information content (AvgIpc) is 2.57. The number of nitrogens with zero attached hydrogens (tertiary/aromatic N) is 1. The molecule has 0 heterocycles. The SMILES string of the molecule is C=O.CC(C)(C)OP(=O)(CO)OC(C)(C)C.CC(C)(C)O[P+](=O)OC(C)(C)C.CCN(C)CC. The molecule has 0 rings (SSSR count). The number of carbonyl (C=O) groups excluding carboxylic acids is 1. The fourth-order valence-electron chi connectivity index (χ4n) is 1.60. The largest absolute Gasteiger partial charge is 0.698 e. The molecule has 0 aliphatic heterocycles. The molecule has 9 nitrogen and oxygen atoms in total. The van der Waals surface area contributed by atoms with E-state index in [1.54, 1.807) is 41.5 Å². The standard InChI is InChI=1S/C9H21O4P.C8H18O3P.C5H13N.CH2O/c1-8(2,3)12-14(11,7-10)13-9(4,5)6;1-7(2,3)10-12(9)11-8(4,5)6;1-4-6(3)5-2;1-2/h10H,7H2,1-6H3;1-6H3;4-5H2,1-3H3;1H2/q;+1;;. The first-order chi connectivity index (χ1) is 14.9. The van der Waals surface area contributed by atoms with Crippen LogP contribution in [0.1, 0.15) is 96.9 Å². The van der Waals surface area contributed by atoms with Gasteiger partial charge in [0.05, 0.1) is 11.2 Å². The highest BCUT2D eigenvalue weighted by molar-refractivity contribution is 7.53. The van der Waals surface area contributed by atoms with Crippen LogP contribution in [0.15, 0.2) is 0 Å². The van der Waals surface area contributed by atoms with Crippen molar-refractivity contribution < 1.29 is 37.1 Å². The second-order valence-corrected chi connectivity index (χ2v) is 14.0. The van der Waals surface area contributed by atoms with Crippen LogP contribution in [0, 0.1) is 0 Å². The van der Waals surface area contributed by atoms with Crippen LogP contribution in [0.2, 0.25) is 0 Å². The number of hydrogen-bond donors (Lipinski definition) is 1. The summed E-state index contributed by atoms with van der Waals surface area (Å²) in [6.45, 7) is 30.3. The molecule has 0 unspecified atom stereocenters. The summed E-state index contributed by atoms with van der Waals surface area (Å²) in [4.78, 5) is 10.2. The molecule has 11 heteroatoms. The van der Waals surface area contributed by atoms with E-state index in [4.69, 9.17) is 28.0 Å². The minimum Gasteiger partial charge on any atom is -0.384 e. The van der Waals surface area contributed by atoms with Crippen LogP contribution in [0.25, 0.3) is 0 Å². The fourth-order valence-corrected chi connectivity index (χ4v) is 4.35. The Morgan fingerprint density at radius 3 is 1.12 bits per heavy atom. The van der Waals surface area contributed by atoms with Gasteiger partial charge in [0, 0.05) is 4.57 Å². The van der Waals surface area contributed by atoms with Gasteiger partial charge in [-0.3, -0.25) is 4.57 Å². The molecule has 0 aromatic rings. The van der Waals surface area contributed by atoms with E-state index in [0.29, 0.717) is 0 Å². The van der Waals surface area contributed by atoms with Crippen molar-refractivity contribution in [3.05, 3.63) is 0 Å². The number of carbonyl (C=O) groups is 1. The average molecular weight is 535 g/mol. The molecule has 1 N–H and O–H groups in total. The molecule has 0 saturated carbocycles. The summed E-state index contributed by atoms with van der Waals surface area (Å²) in [5.74, 6) is 0. The maximum atomic E-state index is 11.9. The quantitative estimate of drug-likeness (QED) is 0.352. The topological polar surface area (TPSA) is 112 Å². The summed E-state index contributed by atoms with van der Waals surface area (Å²) in [6.07, 6.45) is -0.596. The van der Waals surface area contributed by atoms with Crippen LogP contribution in [0.5, 0.6) is 0 Å². The first-order valence-electron chi connectivity index (χ1n) is 11.3. The van der Waals surface area contributed by atoms with Gasteiger partial charge in [-0.1, -0.05) is 13.8 Å². The van der Waals surface area contributed by atoms with Gasteiger partial charge in [-0.2, -0.15) is 0 Å². The fraction of sp³-hybridized carbons (Fsp3) is 0.957. The highest BCUT2D eigenvalue weighted by Crippen LogP contribution is 2.53.